The highest BCUT2D eigenvalue weighted by molar-refractivity contribution is 7.90. The summed E-state index contributed by atoms with van der Waals surface area (Å²) < 4.78 is 58.4. The second-order valence-electron chi connectivity index (χ2n) is 6.20. The summed E-state index contributed by atoms with van der Waals surface area (Å²) in [5.74, 6) is 0. The zero-order valence-electron chi connectivity index (χ0n) is 12.3. The molecule has 124 valence electrons. The highest BCUT2D eigenvalue weighted by atomic mass is 32.2. The van der Waals surface area contributed by atoms with Gasteiger partial charge in [-0.05, 0) is 46.5 Å². The van der Waals surface area contributed by atoms with Gasteiger partial charge in [0.25, 0.3) is 0 Å². The number of amides is 1. The molecule has 0 aromatic heterocycles. The number of primary amides is 1. The van der Waals surface area contributed by atoms with E-state index < -0.39 is 40.0 Å². The Hall–Kier alpha value is -0.670. The van der Waals surface area contributed by atoms with E-state index in [0.717, 1.165) is 0 Å². The Kier molecular flexibility index (Phi) is 5.44. The lowest BCUT2D eigenvalue weighted by atomic mass is 9.80. The zero-order valence-corrected chi connectivity index (χ0v) is 13.1. The van der Waals surface area contributed by atoms with E-state index in [1.807, 2.05) is 0 Å². The fourth-order valence-corrected chi connectivity index (χ4v) is 3.12. The Morgan fingerprint density at radius 3 is 2.14 bits per heavy atom. The highest BCUT2D eigenvalue weighted by Crippen LogP contribution is 2.43. The molecular weight excluding hydrogens is 309 g/mol. The standard InChI is InChI=1S/C12H21F3N2O3S/c1-10(2,3)21(19)17-11(12(13,14)15)6-4-8(5-7-11)20-9(16)18/h8,17H,4-7H2,1-3H3,(H2,16,18). The molecule has 0 heterocycles. The van der Waals surface area contributed by atoms with E-state index in [9.17, 15) is 22.5 Å². The Balaban J connectivity index is 2.83. The first kappa shape index (κ1) is 18.4. The molecule has 1 unspecified atom stereocenters. The molecule has 0 aliphatic heterocycles. The van der Waals surface area contributed by atoms with Crippen molar-refractivity contribution in [1.29, 1.82) is 0 Å². The molecular formula is C12H21F3N2O3S. The van der Waals surface area contributed by atoms with Gasteiger partial charge in [-0.25, -0.2) is 4.79 Å². The van der Waals surface area contributed by atoms with Gasteiger partial charge in [-0.3, -0.25) is 0 Å². The first-order valence-corrected chi connectivity index (χ1v) is 7.75. The minimum atomic E-state index is -4.54. The van der Waals surface area contributed by atoms with E-state index in [1.54, 1.807) is 20.8 Å². The smallest absolute Gasteiger partial charge is 0.410 e. The maximum atomic E-state index is 13.4. The lowest BCUT2D eigenvalue weighted by molar-refractivity contribution is -0.203. The first-order chi connectivity index (χ1) is 9.37. The molecule has 0 bridgehead atoms. The van der Waals surface area contributed by atoms with Gasteiger partial charge in [0.1, 0.15) is 10.9 Å². The summed E-state index contributed by atoms with van der Waals surface area (Å²) in [5.41, 5.74) is 2.65. The van der Waals surface area contributed by atoms with Crippen LogP contribution in [0.3, 0.4) is 0 Å². The van der Waals surface area contributed by atoms with Gasteiger partial charge in [0.15, 0.2) is 5.54 Å². The topological polar surface area (TPSA) is 87.4 Å². The predicted molar refractivity (Wildman–Crippen MR) is 72.7 cm³/mol. The van der Waals surface area contributed by atoms with Gasteiger partial charge in [-0.2, -0.15) is 13.2 Å². The van der Waals surface area contributed by atoms with Crippen LogP contribution in [0.1, 0.15) is 46.5 Å². The molecule has 1 saturated carbocycles. The Morgan fingerprint density at radius 2 is 1.81 bits per heavy atom. The maximum absolute atomic E-state index is 13.4. The monoisotopic (exact) mass is 330 g/mol. The molecule has 5 nitrogen and oxygen atoms in total. The number of hydrogen-bond acceptors (Lipinski definition) is 4. The summed E-state index contributed by atoms with van der Waals surface area (Å²) in [6.45, 7) is 4.80. The summed E-state index contributed by atoms with van der Waals surface area (Å²) in [6.07, 6.45) is -6.72. The number of carbonyl (C=O) groups excluding carboxylic acids is 1. The molecule has 1 aliphatic rings. The van der Waals surface area contributed by atoms with Crippen molar-refractivity contribution in [1.82, 2.24) is 4.72 Å². The van der Waals surface area contributed by atoms with Crippen LogP contribution in [0, 0.1) is 0 Å². The minimum Gasteiger partial charge on any atom is -0.598 e. The van der Waals surface area contributed by atoms with Crippen molar-refractivity contribution < 1.29 is 27.3 Å². The minimum absolute atomic E-state index is 0.0246. The Bertz CT molecular complexity index is 377. The number of rotatable bonds is 3. The van der Waals surface area contributed by atoms with Crippen molar-refractivity contribution in [2.45, 2.75) is 69.0 Å². The van der Waals surface area contributed by atoms with Gasteiger partial charge in [0.2, 0.25) is 0 Å². The highest BCUT2D eigenvalue weighted by Gasteiger charge is 2.59. The van der Waals surface area contributed by atoms with Crippen LogP contribution in [-0.2, 0) is 16.1 Å². The number of nitrogens with one attached hydrogen (secondary N) is 1. The summed E-state index contributed by atoms with van der Waals surface area (Å²) in [5, 5.41) is 0. The number of carbonyl (C=O) groups is 1. The lowest BCUT2D eigenvalue weighted by Gasteiger charge is -2.42. The maximum Gasteiger partial charge on any atom is 0.410 e. The largest absolute Gasteiger partial charge is 0.598 e. The average molecular weight is 330 g/mol. The number of nitrogens with two attached hydrogens (primary N) is 1. The molecule has 3 N–H and O–H groups in total. The van der Waals surface area contributed by atoms with Crippen LogP contribution in [0.25, 0.3) is 0 Å². The molecule has 21 heavy (non-hydrogen) atoms. The molecule has 9 heteroatoms. The van der Waals surface area contributed by atoms with Crippen molar-refractivity contribution in [3.8, 4) is 0 Å². The van der Waals surface area contributed by atoms with E-state index in [2.05, 4.69) is 4.72 Å². The molecule has 0 spiro atoms. The SMILES string of the molecule is CC(C)(C)[S+]([O-])NC1(C(F)(F)F)CCC(OC(N)=O)CC1. The van der Waals surface area contributed by atoms with Gasteiger partial charge in [-0.1, -0.05) is 0 Å². The zero-order chi connectivity index (χ0) is 16.5. The quantitative estimate of drug-likeness (QED) is 0.778. The van der Waals surface area contributed by atoms with Crippen molar-refractivity contribution in [3.63, 3.8) is 0 Å². The van der Waals surface area contributed by atoms with Crippen molar-refractivity contribution in [2.75, 3.05) is 0 Å². The summed E-state index contributed by atoms with van der Waals surface area (Å²) in [4.78, 5) is 10.6. The van der Waals surface area contributed by atoms with E-state index in [-0.39, 0.29) is 25.7 Å². The second kappa shape index (κ2) is 6.21. The van der Waals surface area contributed by atoms with Crippen LogP contribution in [0.2, 0.25) is 0 Å². The lowest BCUT2D eigenvalue weighted by Crippen LogP contribution is -2.63. The van der Waals surface area contributed by atoms with E-state index >= 15 is 0 Å². The van der Waals surface area contributed by atoms with Gasteiger partial charge >= 0.3 is 12.3 Å². The fourth-order valence-electron chi connectivity index (χ4n) is 2.14. The average Bonchev–Trinajstić information content (AvgIpc) is 2.28. The molecule has 0 aromatic carbocycles. The van der Waals surface area contributed by atoms with Crippen LogP contribution in [0.4, 0.5) is 18.0 Å². The van der Waals surface area contributed by atoms with Gasteiger partial charge in [0.05, 0.1) is 0 Å². The molecule has 1 fully saturated rings. The van der Waals surface area contributed by atoms with Gasteiger partial charge < -0.3 is 15.0 Å². The molecule has 1 aliphatic carbocycles. The summed E-state index contributed by atoms with van der Waals surface area (Å²) >= 11 is -1.85. The second-order valence-corrected chi connectivity index (χ2v) is 8.17. The normalized spacial score (nSPS) is 29.0. The van der Waals surface area contributed by atoms with Crippen LogP contribution in [-0.4, -0.2) is 33.2 Å². The molecule has 0 radical (unpaired) electrons. The van der Waals surface area contributed by atoms with Gasteiger partial charge in [-0.15, -0.1) is 4.72 Å². The number of ether oxygens (including phenoxy) is 1. The fraction of sp³-hybridized carbons (Fsp3) is 0.917. The van der Waals surface area contributed by atoms with Gasteiger partial charge in [0, 0.05) is 11.4 Å². The van der Waals surface area contributed by atoms with Crippen molar-refractivity contribution >= 4 is 17.5 Å². The number of hydrogen-bond donors (Lipinski definition) is 2. The predicted octanol–water partition coefficient (Wildman–Crippen LogP) is 2.38. The van der Waals surface area contributed by atoms with Crippen LogP contribution in [0.15, 0.2) is 0 Å². The van der Waals surface area contributed by atoms with E-state index in [4.69, 9.17) is 10.5 Å². The van der Waals surface area contributed by atoms with E-state index in [0.29, 0.717) is 0 Å². The van der Waals surface area contributed by atoms with Crippen LogP contribution in [0.5, 0.6) is 0 Å². The molecule has 1 atom stereocenters. The summed E-state index contributed by atoms with van der Waals surface area (Å²) in [6, 6.07) is 0. The first-order valence-electron chi connectivity index (χ1n) is 6.60. The molecule has 0 saturated heterocycles. The number of halogens is 3. The number of alkyl halides is 3. The molecule has 0 aromatic rings. The summed E-state index contributed by atoms with van der Waals surface area (Å²) in [7, 11) is 0. The third-order valence-corrected chi connectivity index (χ3v) is 5.14. The third-order valence-electron chi connectivity index (χ3n) is 3.46. The Morgan fingerprint density at radius 1 is 1.33 bits per heavy atom. The van der Waals surface area contributed by atoms with Crippen LogP contribution >= 0.6 is 0 Å². The van der Waals surface area contributed by atoms with Crippen molar-refractivity contribution in [3.05, 3.63) is 0 Å². The molecule has 1 amide bonds. The van der Waals surface area contributed by atoms with Crippen molar-refractivity contribution in [2.24, 2.45) is 5.73 Å². The third kappa shape index (κ3) is 4.65. The van der Waals surface area contributed by atoms with Crippen LogP contribution < -0.4 is 10.5 Å². The molecule has 1 rings (SSSR count). The van der Waals surface area contributed by atoms with E-state index in [1.165, 1.54) is 0 Å². The Labute approximate surface area is 125 Å².